The molecule has 0 saturated heterocycles. The number of nitrogens with zero attached hydrogens (tertiary/aromatic N) is 1. The van der Waals surface area contributed by atoms with E-state index in [9.17, 15) is 0 Å². The summed E-state index contributed by atoms with van der Waals surface area (Å²) in [7, 11) is 0. The first-order valence-corrected chi connectivity index (χ1v) is 25.7. The fourth-order valence-corrected chi connectivity index (χ4v) is 13.6. The second kappa shape index (κ2) is 15.8. The van der Waals surface area contributed by atoms with Crippen LogP contribution in [0.5, 0.6) is 11.5 Å². The van der Waals surface area contributed by atoms with E-state index in [0.29, 0.717) is 0 Å². The molecular weight excluding hydrogens is 883 g/mol. The monoisotopic (exact) mass is 931 g/mol. The molecule has 1 heterocycles. The summed E-state index contributed by atoms with van der Waals surface area (Å²) in [5.74, 6) is 1.87. The van der Waals surface area contributed by atoms with E-state index in [1.807, 2.05) is 0 Å². The van der Waals surface area contributed by atoms with Gasteiger partial charge in [-0.25, -0.2) is 0 Å². The Kier molecular flexibility index (Phi) is 9.02. The molecule has 1 unspecified atom stereocenters. The summed E-state index contributed by atoms with van der Waals surface area (Å²) >= 11 is 0. The predicted octanol–water partition coefficient (Wildman–Crippen LogP) is 19.0. The van der Waals surface area contributed by atoms with Crippen LogP contribution in [0.15, 0.2) is 249 Å². The molecule has 12 aromatic rings. The van der Waals surface area contributed by atoms with Crippen molar-refractivity contribution < 1.29 is 4.74 Å². The van der Waals surface area contributed by atoms with Gasteiger partial charge >= 0.3 is 0 Å². The Morgan fingerprint density at radius 1 is 0.370 bits per heavy atom. The van der Waals surface area contributed by atoms with Crippen molar-refractivity contribution in [2.75, 3.05) is 4.90 Å². The largest absolute Gasteiger partial charge is 0.455 e. The quantitative estimate of drug-likeness (QED) is 0.154. The lowest BCUT2D eigenvalue weighted by Gasteiger charge is -2.42. The van der Waals surface area contributed by atoms with Crippen molar-refractivity contribution in [1.82, 2.24) is 0 Å². The minimum atomic E-state index is -0.708. The number of para-hydroxylation sites is 1. The fourth-order valence-electron chi connectivity index (χ4n) is 13.6. The Morgan fingerprint density at radius 3 is 1.47 bits per heavy atom. The van der Waals surface area contributed by atoms with Crippen LogP contribution in [-0.2, 0) is 10.8 Å². The lowest BCUT2D eigenvalue weighted by molar-refractivity contribution is 0.451. The zero-order chi connectivity index (χ0) is 48.4. The molecule has 73 heavy (non-hydrogen) atoms. The second-order valence-corrected chi connectivity index (χ2v) is 20.2. The Hall–Kier alpha value is -8.98. The number of anilines is 3. The minimum Gasteiger partial charge on any atom is -0.455 e. The van der Waals surface area contributed by atoms with Crippen LogP contribution in [0.2, 0.25) is 0 Å². The second-order valence-electron chi connectivity index (χ2n) is 20.2. The molecule has 0 saturated carbocycles. The van der Waals surface area contributed by atoms with E-state index in [-0.39, 0.29) is 5.41 Å². The van der Waals surface area contributed by atoms with E-state index in [4.69, 9.17) is 4.74 Å². The van der Waals surface area contributed by atoms with Crippen LogP contribution >= 0.6 is 0 Å². The number of hydrogen-bond donors (Lipinski definition) is 0. The number of fused-ring (bicyclic) bond motifs is 20. The van der Waals surface area contributed by atoms with Crippen molar-refractivity contribution in [3.8, 4) is 33.8 Å². The summed E-state index contributed by atoms with van der Waals surface area (Å²) in [5.41, 5.74) is 17.6. The highest BCUT2D eigenvalue weighted by Crippen LogP contribution is 2.67. The average molecular weight is 932 g/mol. The summed E-state index contributed by atoms with van der Waals surface area (Å²) in [6.45, 7) is 4.58. The summed E-state index contributed by atoms with van der Waals surface area (Å²) in [5, 5.41) is 9.51. The van der Waals surface area contributed by atoms with E-state index in [0.717, 1.165) is 45.8 Å². The lowest BCUT2D eigenvalue weighted by atomic mass is 9.63. The Morgan fingerprint density at radius 2 is 0.849 bits per heavy atom. The molecule has 2 nitrogen and oxygen atoms in total. The molecule has 3 aliphatic rings. The smallest absolute Gasteiger partial charge is 0.140 e. The number of allylic oxidation sites excluding steroid dienone is 2. The van der Waals surface area contributed by atoms with Crippen molar-refractivity contribution >= 4 is 65.7 Å². The summed E-state index contributed by atoms with van der Waals surface area (Å²) in [6.07, 6.45) is 3.47. The molecule has 1 aliphatic heterocycles. The van der Waals surface area contributed by atoms with E-state index < -0.39 is 5.41 Å². The van der Waals surface area contributed by atoms with Crippen LogP contribution in [0, 0.1) is 0 Å². The van der Waals surface area contributed by atoms with Gasteiger partial charge in [0.1, 0.15) is 11.5 Å². The van der Waals surface area contributed by atoms with Crippen LogP contribution in [0.1, 0.15) is 59.2 Å². The third-order valence-electron chi connectivity index (χ3n) is 16.7. The maximum absolute atomic E-state index is 7.58. The maximum atomic E-state index is 7.58. The highest BCUT2D eigenvalue weighted by Gasteiger charge is 2.54. The molecule has 0 amide bonds. The van der Waals surface area contributed by atoms with Gasteiger partial charge in [-0.2, -0.15) is 0 Å². The molecule has 0 radical (unpaired) electrons. The summed E-state index contributed by atoms with van der Waals surface area (Å²) in [6, 6.07) is 90.1. The number of benzene rings is 12. The molecular formula is C71H49NO. The summed E-state index contributed by atoms with van der Waals surface area (Å²) in [4.78, 5) is 2.41. The molecule has 0 N–H and O–H groups in total. The van der Waals surface area contributed by atoms with E-state index in [1.165, 1.54) is 99.1 Å². The van der Waals surface area contributed by atoms with Crippen LogP contribution in [0.4, 0.5) is 17.1 Å². The molecule has 0 aromatic heterocycles. The van der Waals surface area contributed by atoms with Gasteiger partial charge in [0.05, 0.1) is 5.41 Å². The van der Waals surface area contributed by atoms with Gasteiger partial charge in [-0.15, -0.1) is 0 Å². The van der Waals surface area contributed by atoms with Crippen LogP contribution in [0.3, 0.4) is 0 Å². The number of hydrogen-bond acceptors (Lipinski definition) is 2. The first-order chi connectivity index (χ1) is 36.1. The van der Waals surface area contributed by atoms with Gasteiger partial charge in [-0.1, -0.05) is 213 Å². The van der Waals surface area contributed by atoms with E-state index in [2.05, 4.69) is 267 Å². The van der Waals surface area contributed by atoms with E-state index in [1.54, 1.807) is 0 Å². The zero-order valence-corrected chi connectivity index (χ0v) is 40.7. The Labute approximate surface area is 425 Å². The van der Waals surface area contributed by atoms with Gasteiger partial charge < -0.3 is 9.64 Å². The molecule has 12 aromatic carbocycles. The average Bonchev–Trinajstić information content (AvgIpc) is 3.93. The lowest BCUT2D eigenvalue weighted by Crippen LogP contribution is -2.33. The van der Waals surface area contributed by atoms with Gasteiger partial charge in [0.2, 0.25) is 0 Å². The van der Waals surface area contributed by atoms with Gasteiger partial charge in [0, 0.05) is 44.4 Å². The Bertz CT molecular complexity index is 4160. The normalized spacial score (nSPS) is 15.7. The van der Waals surface area contributed by atoms with Crippen molar-refractivity contribution in [3.63, 3.8) is 0 Å². The van der Waals surface area contributed by atoms with Crippen molar-refractivity contribution in [3.05, 3.63) is 288 Å². The molecule has 344 valence electrons. The molecule has 0 bridgehead atoms. The van der Waals surface area contributed by atoms with Crippen LogP contribution in [0.25, 0.3) is 70.9 Å². The molecule has 0 fully saturated rings. The zero-order valence-electron chi connectivity index (χ0n) is 40.7. The maximum Gasteiger partial charge on any atom is 0.140 e. The molecule has 1 spiro atoms. The van der Waals surface area contributed by atoms with Crippen LogP contribution in [-0.4, -0.2) is 0 Å². The summed E-state index contributed by atoms with van der Waals surface area (Å²) < 4.78 is 7.58. The highest BCUT2D eigenvalue weighted by molar-refractivity contribution is 6.19. The topological polar surface area (TPSA) is 12.5 Å². The van der Waals surface area contributed by atoms with Gasteiger partial charge in [0.15, 0.2) is 0 Å². The molecule has 2 aliphatic carbocycles. The van der Waals surface area contributed by atoms with Gasteiger partial charge in [0.25, 0.3) is 0 Å². The molecule has 15 rings (SSSR count). The van der Waals surface area contributed by atoms with Crippen molar-refractivity contribution in [2.45, 2.75) is 31.1 Å². The Balaban J connectivity index is 0.931. The first kappa shape index (κ1) is 41.8. The number of ether oxygens (including phenoxy) is 1. The molecule has 1 atom stereocenters. The third kappa shape index (κ3) is 5.75. The number of rotatable bonds is 6. The minimum absolute atomic E-state index is 0.190. The highest BCUT2D eigenvalue weighted by atomic mass is 16.5. The first-order valence-electron chi connectivity index (χ1n) is 25.7. The van der Waals surface area contributed by atoms with Crippen molar-refractivity contribution in [2.24, 2.45) is 0 Å². The van der Waals surface area contributed by atoms with Gasteiger partial charge in [-0.05, 0) is 144 Å². The predicted molar refractivity (Wildman–Crippen MR) is 305 cm³/mol. The standard InChI is InChI=1S/C71H49NO/c1-3-70(48-20-6-4-7-21-48)44-45(2)52-40-39-51(43-65(52)70)72(49-22-8-5-9-23-49)50-37-34-46(35-38-50)47-36-41-64-62(42-47)57-28-18-19-33-63(57)71(64)66-58-29-14-10-24-53(58)55-26-12-16-31-60(55)68(66)73-69-61-32-17-13-27-56(61)54-25-11-15-30-59(54)67(69)71/h4-44H,3H2,1-2H3. The molecule has 2 heteroatoms. The van der Waals surface area contributed by atoms with Crippen LogP contribution < -0.4 is 9.64 Å². The van der Waals surface area contributed by atoms with Gasteiger partial charge in [-0.3, -0.25) is 0 Å². The third-order valence-corrected chi connectivity index (χ3v) is 16.7. The fraction of sp³-hybridized carbons (Fsp3) is 0.0704. The van der Waals surface area contributed by atoms with E-state index >= 15 is 0 Å². The SMILES string of the molecule is CCC1(c2ccccc2)C=C(C)c2ccc(N(c3ccccc3)c3ccc(-c4ccc5c(c4)-c4ccccc4C54c5c(c6ccccc6c6ccccc56)Oc5c4c4ccccc4c4ccccc54)cc3)cc21. The van der Waals surface area contributed by atoms with Crippen molar-refractivity contribution in [1.29, 1.82) is 0 Å².